The van der Waals surface area contributed by atoms with Crippen LogP contribution in [0.2, 0.25) is 5.02 Å². The maximum absolute atomic E-state index is 13.9. The summed E-state index contributed by atoms with van der Waals surface area (Å²) in [6.07, 6.45) is 4.02. The standard InChI is InChI=1S/C25H34ClN3O4S/c1-14-9-8-10-16(26)20(14)28-23(32)21-25-15(2)13-17(34-25)18(22(31)27-3)19(25)24(33)29(21)11-6-4-5-7-12-30/h8-10,15,17-19,21,30H,4-7,11-13H2,1-3H3,(H,27,31)(H,28,32)/t15?,17-,18+,19+,21?,25?/m1/s1. The van der Waals surface area contributed by atoms with E-state index in [4.69, 9.17) is 16.7 Å². The molecule has 0 radical (unpaired) electrons. The summed E-state index contributed by atoms with van der Waals surface area (Å²) in [5, 5.41) is 15.3. The lowest BCUT2D eigenvalue weighted by Crippen LogP contribution is -2.55. The topological polar surface area (TPSA) is 98.7 Å². The number of para-hydroxylation sites is 1. The lowest BCUT2D eigenvalue weighted by molar-refractivity contribution is -0.139. The number of benzene rings is 1. The average Bonchev–Trinajstić information content (AvgIpc) is 3.39. The summed E-state index contributed by atoms with van der Waals surface area (Å²) in [4.78, 5) is 42.4. The van der Waals surface area contributed by atoms with Crippen LogP contribution in [-0.2, 0) is 14.4 Å². The maximum Gasteiger partial charge on any atom is 0.248 e. The number of aryl methyl sites for hydroxylation is 1. The van der Waals surface area contributed by atoms with Crippen molar-refractivity contribution in [3.63, 3.8) is 0 Å². The van der Waals surface area contributed by atoms with Crippen molar-refractivity contribution in [2.75, 3.05) is 25.5 Å². The van der Waals surface area contributed by atoms with Gasteiger partial charge in [0.2, 0.25) is 17.7 Å². The molecule has 0 saturated carbocycles. The molecule has 3 aliphatic rings. The van der Waals surface area contributed by atoms with Crippen LogP contribution >= 0.6 is 23.4 Å². The second kappa shape index (κ2) is 10.1. The summed E-state index contributed by atoms with van der Waals surface area (Å²) in [5.74, 6) is -1.24. The van der Waals surface area contributed by atoms with Gasteiger partial charge in [0.05, 0.1) is 27.3 Å². The van der Waals surface area contributed by atoms with Gasteiger partial charge in [0.15, 0.2) is 0 Å². The molecular weight excluding hydrogens is 474 g/mol. The van der Waals surface area contributed by atoms with Crippen LogP contribution in [0.3, 0.4) is 0 Å². The molecule has 3 amide bonds. The Labute approximate surface area is 210 Å². The average molecular weight is 508 g/mol. The fraction of sp³-hybridized carbons (Fsp3) is 0.640. The number of amides is 3. The smallest absolute Gasteiger partial charge is 0.248 e. The number of nitrogens with zero attached hydrogens (tertiary/aromatic N) is 1. The van der Waals surface area contributed by atoms with E-state index in [9.17, 15) is 14.4 Å². The fourth-order valence-corrected chi connectivity index (χ4v) is 8.95. The van der Waals surface area contributed by atoms with Crippen molar-refractivity contribution in [2.24, 2.45) is 17.8 Å². The third-order valence-corrected chi connectivity index (χ3v) is 10.2. The Morgan fingerprint density at radius 3 is 2.65 bits per heavy atom. The van der Waals surface area contributed by atoms with E-state index < -0.39 is 22.6 Å². The van der Waals surface area contributed by atoms with Crippen LogP contribution in [0.15, 0.2) is 18.2 Å². The van der Waals surface area contributed by atoms with Crippen molar-refractivity contribution < 1.29 is 19.5 Å². The highest BCUT2D eigenvalue weighted by Crippen LogP contribution is 2.68. The van der Waals surface area contributed by atoms with Gasteiger partial charge in [0.25, 0.3) is 0 Å². The molecular formula is C25H34ClN3O4S. The zero-order valence-corrected chi connectivity index (χ0v) is 21.5. The van der Waals surface area contributed by atoms with Gasteiger partial charge in [-0.2, -0.15) is 0 Å². The predicted molar refractivity (Wildman–Crippen MR) is 135 cm³/mol. The second-order valence-electron chi connectivity index (χ2n) is 9.76. The summed E-state index contributed by atoms with van der Waals surface area (Å²) in [6, 6.07) is 4.80. The van der Waals surface area contributed by atoms with Crippen molar-refractivity contribution in [3.8, 4) is 0 Å². The number of anilines is 1. The first kappa shape index (κ1) is 25.3. The van der Waals surface area contributed by atoms with E-state index in [-0.39, 0.29) is 35.5 Å². The van der Waals surface area contributed by atoms with Crippen molar-refractivity contribution in [2.45, 2.75) is 62.0 Å². The van der Waals surface area contributed by atoms with Gasteiger partial charge in [-0.1, -0.05) is 43.5 Å². The second-order valence-corrected chi connectivity index (χ2v) is 11.7. The molecule has 3 N–H and O–H groups in total. The highest BCUT2D eigenvalue weighted by molar-refractivity contribution is 8.02. The zero-order valence-electron chi connectivity index (χ0n) is 20.0. The highest BCUT2D eigenvalue weighted by atomic mass is 35.5. The molecule has 186 valence electrons. The third-order valence-electron chi connectivity index (χ3n) is 7.82. The number of rotatable bonds is 9. The van der Waals surface area contributed by atoms with Gasteiger partial charge in [-0.15, -0.1) is 11.8 Å². The molecule has 9 heteroatoms. The zero-order chi connectivity index (χ0) is 24.6. The number of nitrogens with one attached hydrogen (secondary N) is 2. The number of unbranched alkanes of at least 4 members (excludes halogenated alkanes) is 3. The van der Waals surface area contributed by atoms with Gasteiger partial charge in [-0.25, -0.2) is 0 Å². The fourth-order valence-electron chi connectivity index (χ4n) is 6.26. The first-order valence-corrected chi connectivity index (χ1v) is 13.4. The lowest BCUT2D eigenvalue weighted by Gasteiger charge is -2.38. The highest BCUT2D eigenvalue weighted by Gasteiger charge is 2.75. The molecule has 3 heterocycles. The molecule has 4 rings (SSSR count). The Kier molecular flexibility index (Phi) is 7.50. The van der Waals surface area contributed by atoms with E-state index in [1.54, 1.807) is 29.8 Å². The number of aliphatic hydroxyl groups excluding tert-OH is 1. The molecule has 2 bridgehead atoms. The Morgan fingerprint density at radius 1 is 1.24 bits per heavy atom. The van der Waals surface area contributed by atoms with Gasteiger partial charge in [0, 0.05) is 25.4 Å². The van der Waals surface area contributed by atoms with Crippen LogP contribution in [0, 0.1) is 24.7 Å². The molecule has 3 fully saturated rings. The third kappa shape index (κ3) is 4.01. The normalized spacial score (nSPS) is 31.6. The van der Waals surface area contributed by atoms with Gasteiger partial charge >= 0.3 is 0 Å². The molecule has 3 unspecified atom stereocenters. The molecule has 3 saturated heterocycles. The van der Waals surface area contributed by atoms with Gasteiger partial charge in [0.1, 0.15) is 6.04 Å². The van der Waals surface area contributed by atoms with Gasteiger partial charge in [-0.3, -0.25) is 14.4 Å². The molecule has 6 atom stereocenters. The van der Waals surface area contributed by atoms with Crippen molar-refractivity contribution in [1.29, 1.82) is 0 Å². The van der Waals surface area contributed by atoms with Gasteiger partial charge < -0.3 is 20.6 Å². The molecule has 7 nitrogen and oxygen atoms in total. The minimum Gasteiger partial charge on any atom is -0.396 e. The van der Waals surface area contributed by atoms with Crippen LogP contribution in [0.5, 0.6) is 0 Å². The first-order valence-electron chi connectivity index (χ1n) is 12.1. The Bertz CT molecular complexity index is 955. The van der Waals surface area contributed by atoms with Crippen LogP contribution in [0.25, 0.3) is 0 Å². The molecule has 0 aliphatic carbocycles. The monoisotopic (exact) mass is 507 g/mol. The SMILES string of the molecule is CNC(=O)[C@@H]1[C@H]2C(=O)N(CCCCCCO)C(C(=O)Nc3c(C)cccc3Cl)C23S[C@@H]1CC3C. The number of halogens is 1. The van der Waals surface area contributed by atoms with E-state index in [1.165, 1.54) is 0 Å². The van der Waals surface area contributed by atoms with E-state index in [2.05, 4.69) is 17.6 Å². The number of aliphatic hydroxyl groups is 1. The van der Waals surface area contributed by atoms with Crippen molar-refractivity contribution in [3.05, 3.63) is 28.8 Å². The molecule has 0 aromatic heterocycles. The predicted octanol–water partition coefficient (Wildman–Crippen LogP) is 3.22. The van der Waals surface area contributed by atoms with Gasteiger partial charge in [-0.05, 0) is 43.7 Å². The van der Waals surface area contributed by atoms with E-state index >= 15 is 0 Å². The number of fused-ring (bicyclic) bond motifs is 1. The number of hydrogen-bond donors (Lipinski definition) is 3. The molecule has 1 aromatic carbocycles. The van der Waals surface area contributed by atoms with E-state index in [1.807, 2.05) is 19.1 Å². The quantitative estimate of drug-likeness (QED) is 0.446. The van der Waals surface area contributed by atoms with Crippen LogP contribution in [0.1, 0.15) is 44.6 Å². The van der Waals surface area contributed by atoms with Crippen LogP contribution in [0.4, 0.5) is 5.69 Å². The van der Waals surface area contributed by atoms with Crippen molar-refractivity contribution in [1.82, 2.24) is 10.2 Å². The summed E-state index contributed by atoms with van der Waals surface area (Å²) in [6.45, 7) is 4.61. The molecule has 3 aliphatic heterocycles. The maximum atomic E-state index is 13.9. The summed E-state index contributed by atoms with van der Waals surface area (Å²) < 4.78 is -0.636. The summed E-state index contributed by atoms with van der Waals surface area (Å²) in [7, 11) is 1.61. The Morgan fingerprint density at radius 2 is 1.97 bits per heavy atom. The van der Waals surface area contributed by atoms with E-state index in [0.29, 0.717) is 17.3 Å². The number of carbonyl (C=O) groups is 3. The summed E-state index contributed by atoms with van der Waals surface area (Å²) in [5.41, 5.74) is 1.42. The number of likely N-dealkylation sites (tertiary alicyclic amines) is 1. The Hall–Kier alpha value is -1.77. The van der Waals surface area contributed by atoms with Crippen molar-refractivity contribution >= 4 is 46.8 Å². The molecule has 34 heavy (non-hydrogen) atoms. The lowest BCUT2D eigenvalue weighted by atomic mass is 9.66. The largest absolute Gasteiger partial charge is 0.396 e. The molecule has 1 aromatic rings. The number of thioether (sulfide) groups is 1. The summed E-state index contributed by atoms with van der Waals surface area (Å²) >= 11 is 8.07. The first-order chi connectivity index (χ1) is 16.3. The Balaban J connectivity index is 1.68. The minimum absolute atomic E-state index is 0.0351. The van der Waals surface area contributed by atoms with E-state index in [0.717, 1.165) is 37.7 Å². The van der Waals surface area contributed by atoms with Crippen LogP contribution in [-0.4, -0.2) is 64.0 Å². The minimum atomic E-state index is -0.668. The number of hydrogen-bond acceptors (Lipinski definition) is 5. The number of carbonyl (C=O) groups excluding carboxylic acids is 3. The molecule has 1 spiro atoms. The van der Waals surface area contributed by atoms with Crippen LogP contribution < -0.4 is 10.6 Å².